The van der Waals surface area contributed by atoms with Gasteiger partial charge in [0.2, 0.25) is 0 Å². The highest BCUT2D eigenvalue weighted by Gasteiger charge is 2.34. The van der Waals surface area contributed by atoms with Gasteiger partial charge >= 0.3 is 0 Å². The Labute approximate surface area is 110 Å². The normalized spacial score (nSPS) is 28.7. The summed E-state index contributed by atoms with van der Waals surface area (Å²) < 4.78 is 0. The van der Waals surface area contributed by atoms with Crippen LogP contribution in [0, 0.1) is 11.3 Å². The predicted octanol–water partition coefficient (Wildman–Crippen LogP) is 1.62. The standard InChI is InChI=1S/C15H24N2O/c1-12-13(15(2,3)6-4-14(12)18)5-9-17-10-7-16-8-11-17/h4,6,13,16H,1,5,7-11H2,2-3H3. The molecule has 1 N–H and O–H groups in total. The molecule has 1 heterocycles. The van der Waals surface area contributed by atoms with Crippen LogP contribution < -0.4 is 5.32 Å². The molecule has 2 aliphatic rings. The summed E-state index contributed by atoms with van der Waals surface area (Å²) in [5, 5.41) is 3.36. The molecule has 1 unspecified atom stereocenters. The first-order valence-corrected chi connectivity index (χ1v) is 6.86. The van der Waals surface area contributed by atoms with Crippen molar-refractivity contribution in [3.63, 3.8) is 0 Å². The van der Waals surface area contributed by atoms with Crippen LogP contribution in [-0.2, 0) is 4.79 Å². The Morgan fingerprint density at radius 3 is 2.78 bits per heavy atom. The summed E-state index contributed by atoms with van der Waals surface area (Å²) in [6, 6.07) is 0. The summed E-state index contributed by atoms with van der Waals surface area (Å²) in [4.78, 5) is 14.2. The fourth-order valence-electron chi connectivity index (χ4n) is 2.93. The molecule has 0 aromatic heterocycles. The highest BCUT2D eigenvalue weighted by molar-refractivity contribution is 6.05. The molecule has 100 valence electrons. The maximum atomic E-state index is 11.7. The Morgan fingerprint density at radius 1 is 1.44 bits per heavy atom. The third-order valence-corrected chi connectivity index (χ3v) is 4.24. The second kappa shape index (κ2) is 5.37. The van der Waals surface area contributed by atoms with E-state index >= 15 is 0 Å². The van der Waals surface area contributed by atoms with Crippen molar-refractivity contribution in [2.45, 2.75) is 20.3 Å². The molecule has 1 saturated heterocycles. The molecule has 1 atom stereocenters. The minimum absolute atomic E-state index is 0.0546. The predicted molar refractivity (Wildman–Crippen MR) is 74.5 cm³/mol. The molecule has 0 bridgehead atoms. The molecule has 0 aromatic rings. The number of hydrogen-bond donors (Lipinski definition) is 1. The Morgan fingerprint density at radius 2 is 2.11 bits per heavy atom. The average Bonchev–Trinajstić information content (AvgIpc) is 2.35. The van der Waals surface area contributed by atoms with E-state index in [0.29, 0.717) is 0 Å². The van der Waals surface area contributed by atoms with E-state index in [4.69, 9.17) is 0 Å². The van der Waals surface area contributed by atoms with Gasteiger partial charge in [-0.15, -0.1) is 0 Å². The van der Waals surface area contributed by atoms with Gasteiger partial charge < -0.3 is 10.2 Å². The van der Waals surface area contributed by atoms with Crippen LogP contribution in [0.1, 0.15) is 20.3 Å². The van der Waals surface area contributed by atoms with E-state index in [1.54, 1.807) is 6.08 Å². The second-order valence-electron chi connectivity index (χ2n) is 5.98. The minimum Gasteiger partial charge on any atom is -0.314 e. The van der Waals surface area contributed by atoms with Gasteiger partial charge in [-0.05, 0) is 35.9 Å². The second-order valence-corrected chi connectivity index (χ2v) is 5.98. The van der Waals surface area contributed by atoms with E-state index in [0.717, 1.165) is 44.7 Å². The molecule has 0 radical (unpaired) electrons. The lowest BCUT2D eigenvalue weighted by Crippen LogP contribution is -2.44. The number of rotatable bonds is 3. The number of carbonyl (C=O) groups excluding carboxylic acids is 1. The summed E-state index contributed by atoms with van der Waals surface area (Å²) in [7, 11) is 0. The molecule has 0 amide bonds. The van der Waals surface area contributed by atoms with Crippen molar-refractivity contribution >= 4 is 5.78 Å². The molecular formula is C15H24N2O. The van der Waals surface area contributed by atoms with Crippen LogP contribution in [0.2, 0.25) is 0 Å². The average molecular weight is 248 g/mol. The maximum absolute atomic E-state index is 11.7. The number of hydrogen-bond acceptors (Lipinski definition) is 3. The first kappa shape index (κ1) is 13.5. The van der Waals surface area contributed by atoms with Crippen LogP contribution in [0.5, 0.6) is 0 Å². The van der Waals surface area contributed by atoms with E-state index in [9.17, 15) is 4.79 Å². The van der Waals surface area contributed by atoms with Crippen molar-refractivity contribution < 1.29 is 4.79 Å². The quantitative estimate of drug-likeness (QED) is 0.770. The first-order chi connectivity index (χ1) is 8.50. The molecule has 1 aliphatic carbocycles. The molecule has 1 fully saturated rings. The van der Waals surface area contributed by atoms with Crippen molar-refractivity contribution in [3.8, 4) is 0 Å². The van der Waals surface area contributed by atoms with E-state index in [1.807, 2.05) is 6.08 Å². The SMILES string of the molecule is C=C1C(=O)C=CC(C)(C)C1CCN1CCNCC1. The molecular weight excluding hydrogens is 224 g/mol. The summed E-state index contributed by atoms with van der Waals surface area (Å²) in [6.45, 7) is 13.8. The third kappa shape index (κ3) is 2.90. The molecule has 0 aromatic carbocycles. The molecule has 0 saturated carbocycles. The van der Waals surface area contributed by atoms with Gasteiger partial charge in [0.25, 0.3) is 0 Å². The van der Waals surface area contributed by atoms with Crippen molar-refractivity contribution in [2.75, 3.05) is 32.7 Å². The highest BCUT2D eigenvalue weighted by Crippen LogP contribution is 2.39. The largest absolute Gasteiger partial charge is 0.314 e. The van der Waals surface area contributed by atoms with Crippen LogP contribution >= 0.6 is 0 Å². The van der Waals surface area contributed by atoms with Gasteiger partial charge in [0.1, 0.15) is 0 Å². The van der Waals surface area contributed by atoms with Gasteiger partial charge in [-0.25, -0.2) is 0 Å². The summed E-state index contributed by atoms with van der Waals surface area (Å²) in [5.74, 6) is 0.393. The van der Waals surface area contributed by atoms with Crippen LogP contribution in [-0.4, -0.2) is 43.4 Å². The van der Waals surface area contributed by atoms with Gasteiger partial charge in [0.15, 0.2) is 5.78 Å². The van der Waals surface area contributed by atoms with Gasteiger partial charge in [0, 0.05) is 26.2 Å². The summed E-state index contributed by atoms with van der Waals surface area (Å²) >= 11 is 0. The smallest absolute Gasteiger partial charge is 0.181 e. The van der Waals surface area contributed by atoms with Crippen LogP contribution in [0.3, 0.4) is 0 Å². The number of allylic oxidation sites excluding steroid dienone is 3. The van der Waals surface area contributed by atoms with Gasteiger partial charge in [-0.2, -0.15) is 0 Å². The number of nitrogens with one attached hydrogen (secondary N) is 1. The lowest BCUT2D eigenvalue weighted by molar-refractivity contribution is -0.112. The number of piperazine rings is 1. The zero-order valence-corrected chi connectivity index (χ0v) is 11.5. The van der Waals surface area contributed by atoms with Crippen LogP contribution in [0.15, 0.2) is 24.3 Å². The van der Waals surface area contributed by atoms with Crippen molar-refractivity contribution in [2.24, 2.45) is 11.3 Å². The van der Waals surface area contributed by atoms with Gasteiger partial charge in [-0.1, -0.05) is 26.5 Å². The first-order valence-electron chi connectivity index (χ1n) is 6.86. The Kier molecular flexibility index (Phi) is 4.03. The molecule has 3 heteroatoms. The molecule has 0 spiro atoms. The topological polar surface area (TPSA) is 32.3 Å². The number of ketones is 1. The highest BCUT2D eigenvalue weighted by atomic mass is 16.1. The third-order valence-electron chi connectivity index (χ3n) is 4.24. The zero-order valence-electron chi connectivity index (χ0n) is 11.5. The lowest BCUT2D eigenvalue weighted by atomic mass is 9.69. The number of carbonyl (C=O) groups is 1. The fourth-order valence-corrected chi connectivity index (χ4v) is 2.93. The maximum Gasteiger partial charge on any atom is 0.181 e. The van der Waals surface area contributed by atoms with Gasteiger partial charge in [0.05, 0.1) is 0 Å². The van der Waals surface area contributed by atoms with E-state index < -0.39 is 0 Å². The Bertz CT molecular complexity index is 365. The summed E-state index contributed by atoms with van der Waals surface area (Å²) in [6.07, 6.45) is 4.76. The number of nitrogens with zero attached hydrogens (tertiary/aromatic N) is 1. The van der Waals surface area contributed by atoms with Crippen molar-refractivity contribution in [3.05, 3.63) is 24.3 Å². The Balaban J connectivity index is 1.96. The molecule has 2 rings (SSSR count). The monoisotopic (exact) mass is 248 g/mol. The molecule has 18 heavy (non-hydrogen) atoms. The summed E-state index contributed by atoms with van der Waals surface area (Å²) in [5.41, 5.74) is 0.844. The minimum atomic E-state index is 0.0546. The molecule has 3 nitrogen and oxygen atoms in total. The van der Waals surface area contributed by atoms with Crippen LogP contribution in [0.4, 0.5) is 0 Å². The van der Waals surface area contributed by atoms with Crippen LogP contribution in [0.25, 0.3) is 0 Å². The van der Waals surface area contributed by atoms with E-state index in [2.05, 4.69) is 30.6 Å². The van der Waals surface area contributed by atoms with Gasteiger partial charge in [-0.3, -0.25) is 4.79 Å². The van der Waals surface area contributed by atoms with Crippen molar-refractivity contribution in [1.82, 2.24) is 10.2 Å². The zero-order chi connectivity index (χ0) is 13.2. The molecule has 1 aliphatic heterocycles. The lowest BCUT2D eigenvalue weighted by Gasteiger charge is -2.37. The Hall–Kier alpha value is -0.930. The van der Waals surface area contributed by atoms with E-state index in [1.165, 1.54) is 0 Å². The fraction of sp³-hybridized carbons (Fsp3) is 0.667. The van der Waals surface area contributed by atoms with E-state index in [-0.39, 0.29) is 17.1 Å². The van der Waals surface area contributed by atoms with Crippen molar-refractivity contribution in [1.29, 1.82) is 0 Å².